The lowest BCUT2D eigenvalue weighted by Gasteiger charge is -2.07. The zero-order valence-electron chi connectivity index (χ0n) is 8.57. The van der Waals surface area contributed by atoms with Gasteiger partial charge in [0.2, 0.25) is 5.91 Å². The van der Waals surface area contributed by atoms with E-state index in [1.54, 1.807) is 12.1 Å². The molecule has 0 aliphatic carbocycles. The van der Waals surface area contributed by atoms with E-state index in [-0.39, 0.29) is 6.61 Å². The number of aliphatic carboxylic acids is 1. The molecule has 0 radical (unpaired) electrons. The Labute approximate surface area is 114 Å². The number of ether oxygens (including phenoxy) is 1. The van der Waals surface area contributed by atoms with Crippen molar-refractivity contribution in [3.8, 4) is 0 Å². The van der Waals surface area contributed by atoms with E-state index in [2.05, 4.69) is 41.9 Å². The van der Waals surface area contributed by atoms with Crippen molar-refractivity contribution in [2.24, 2.45) is 0 Å². The number of anilines is 1. The monoisotopic (exact) mass is 365 g/mol. The van der Waals surface area contributed by atoms with Crippen LogP contribution in [0.1, 0.15) is 0 Å². The van der Waals surface area contributed by atoms with Crippen molar-refractivity contribution in [1.82, 2.24) is 0 Å². The third kappa shape index (κ3) is 5.29. The van der Waals surface area contributed by atoms with Crippen molar-refractivity contribution in [1.29, 1.82) is 0 Å². The Bertz CT molecular complexity index is 436. The number of rotatable bonds is 5. The average Bonchev–Trinajstić information content (AvgIpc) is 2.23. The fourth-order valence-electron chi connectivity index (χ4n) is 1.01. The quantitative estimate of drug-likeness (QED) is 0.838. The zero-order chi connectivity index (χ0) is 12.8. The van der Waals surface area contributed by atoms with Gasteiger partial charge < -0.3 is 15.2 Å². The van der Waals surface area contributed by atoms with E-state index in [0.29, 0.717) is 5.69 Å². The van der Waals surface area contributed by atoms with Crippen LogP contribution in [0.25, 0.3) is 0 Å². The smallest absolute Gasteiger partial charge is 0.329 e. The summed E-state index contributed by atoms with van der Waals surface area (Å²) >= 11 is 6.56. The highest BCUT2D eigenvalue weighted by Crippen LogP contribution is 2.25. The second kappa shape index (κ2) is 6.73. The van der Waals surface area contributed by atoms with Crippen molar-refractivity contribution < 1.29 is 19.4 Å². The molecule has 0 spiro atoms. The average molecular weight is 367 g/mol. The molecule has 0 aliphatic rings. The van der Waals surface area contributed by atoms with Gasteiger partial charge in [-0.25, -0.2) is 4.79 Å². The first-order valence-electron chi connectivity index (χ1n) is 4.53. The standard InChI is InChI=1S/C10H9Br2NO4/c11-6-1-2-7(12)8(3-6)13-9(14)4-17-5-10(15)16/h1-3H,4-5H2,(H,13,14)(H,15,16). The van der Waals surface area contributed by atoms with Crippen molar-refractivity contribution in [2.45, 2.75) is 0 Å². The van der Waals surface area contributed by atoms with Crippen molar-refractivity contribution in [3.63, 3.8) is 0 Å². The molecule has 0 fully saturated rings. The number of halogens is 2. The van der Waals surface area contributed by atoms with Crippen LogP contribution >= 0.6 is 31.9 Å². The minimum absolute atomic E-state index is 0.300. The molecular weight excluding hydrogens is 358 g/mol. The second-order valence-electron chi connectivity index (χ2n) is 3.06. The first-order chi connectivity index (χ1) is 7.99. The Kier molecular flexibility index (Phi) is 5.60. The fourth-order valence-corrected chi connectivity index (χ4v) is 1.72. The number of carboxylic acid groups (broad SMARTS) is 1. The first kappa shape index (κ1) is 14.1. The Morgan fingerprint density at radius 2 is 2.00 bits per heavy atom. The molecule has 0 unspecified atom stereocenters. The summed E-state index contributed by atoms with van der Waals surface area (Å²) in [6.07, 6.45) is 0. The summed E-state index contributed by atoms with van der Waals surface area (Å²) in [4.78, 5) is 21.6. The van der Waals surface area contributed by atoms with Gasteiger partial charge in [0.05, 0.1) is 5.69 Å². The minimum Gasteiger partial charge on any atom is -0.480 e. The summed E-state index contributed by atoms with van der Waals surface area (Å²) in [5, 5.41) is 10.9. The van der Waals surface area contributed by atoms with Gasteiger partial charge in [0.15, 0.2) is 0 Å². The van der Waals surface area contributed by atoms with Crippen LogP contribution in [0, 0.1) is 0 Å². The molecule has 0 heterocycles. The highest BCUT2D eigenvalue weighted by Gasteiger charge is 2.07. The van der Waals surface area contributed by atoms with E-state index in [1.165, 1.54) is 0 Å². The van der Waals surface area contributed by atoms with E-state index >= 15 is 0 Å². The van der Waals surface area contributed by atoms with E-state index in [9.17, 15) is 9.59 Å². The highest BCUT2D eigenvalue weighted by molar-refractivity contribution is 9.11. The van der Waals surface area contributed by atoms with E-state index in [0.717, 1.165) is 8.95 Å². The summed E-state index contributed by atoms with van der Waals surface area (Å²) in [7, 11) is 0. The van der Waals surface area contributed by atoms with Gasteiger partial charge in [0.25, 0.3) is 0 Å². The molecule has 1 amide bonds. The predicted molar refractivity (Wildman–Crippen MR) is 68.9 cm³/mol. The van der Waals surface area contributed by atoms with Crippen LogP contribution in [0.2, 0.25) is 0 Å². The molecule has 1 rings (SSSR count). The van der Waals surface area contributed by atoms with Gasteiger partial charge in [-0.3, -0.25) is 4.79 Å². The maximum Gasteiger partial charge on any atom is 0.329 e. The van der Waals surface area contributed by atoms with E-state index < -0.39 is 18.5 Å². The first-order valence-corrected chi connectivity index (χ1v) is 6.12. The third-order valence-corrected chi connectivity index (χ3v) is 2.85. The Balaban J connectivity index is 2.50. The molecule has 0 saturated carbocycles. The number of amides is 1. The molecular formula is C10H9Br2NO4. The minimum atomic E-state index is -1.11. The van der Waals surface area contributed by atoms with Crippen LogP contribution in [0.15, 0.2) is 27.1 Å². The van der Waals surface area contributed by atoms with E-state index in [1.807, 2.05) is 6.07 Å². The van der Waals surface area contributed by atoms with Gasteiger partial charge in [-0.1, -0.05) is 15.9 Å². The third-order valence-electron chi connectivity index (χ3n) is 1.66. The summed E-state index contributed by atoms with van der Waals surface area (Å²) in [6.45, 7) is -0.793. The van der Waals surface area contributed by atoms with E-state index in [4.69, 9.17) is 5.11 Å². The summed E-state index contributed by atoms with van der Waals surface area (Å²) in [5.41, 5.74) is 0.586. The van der Waals surface area contributed by atoms with Crippen LogP contribution < -0.4 is 5.32 Å². The number of hydrogen-bond acceptors (Lipinski definition) is 3. The van der Waals surface area contributed by atoms with Gasteiger partial charge in [-0.05, 0) is 34.1 Å². The van der Waals surface area contributed by atoms with Crippen molar-refractivity contribution in [2.75, 3.05) is 18.5 Å². The van der Waals surface area contributed by atoms with Crippen molar-refractivity contribution in [3.05, 3.63) is 27.1 Å². The molecule has 0 atom stereocenters. The SMILES string of the molecule is O=C(O)COCC(=O)Nc1cc(Br)ccc1Br. The summed E-state index contributed by atoms with van der Waals surface area (Å²) in [5.74, 6) is -1.52. The summed E-state index contributed by atoms with van der Waals surface area (Å²) < 4.78 is 6.21. The maximum absolute atomic E-state index is 11.4. The van der Waals surface area contributed by atoms with Crippen LogP contribution in [0.5, 0.6) is 0 Å². The largest absolute Gasteiger partial charge is 0.480 e. The molecule has 1 aromatic rings. The van der Waals surface area contributed by atoms with Gasteiger partial charge in [0.1, 0.15) is 13.2 Å². The molecule has 1 aromatic carbocycles. The maximum atomic E-state index is 11.4. The summed E-state index contributed by atoms with van der Waals surface area (Å²) in [6, 6.07) is 5.32. The number of carboxylic acids is 1. The molecule has 0 aromatic heterocycles. The lowest BCUT2D eigenvalue weighted by molar-refractivity contribution is -0.143. The van der Waals surface area contributed by atoms with Gasteiger partial charge >= 0.3 is 5.97 Å². The van der Waals surface area contributed by atoms with Gasteiger partial charge in [0, 0.05) is 8.95 Å². The fraction of sp³-hybridized carbons (Fsp3) is 0.200. The normalized spacial score (nSPS) is 10.0. The van der Waals surface area contributed by atoms with Crippen LogP contribution in [0.4, 0.5) is 5.69 Å². The number of hydrogen-bond donors (Lipinski definition) is 2. The molecule has 5 nitrogen and oxygen atoms in total. The molecule has 7 heteroatoms. The Morgan fingerprint density at radius 3 is 2.65 bits per heavy atom. The zero-order valence-corrected chi connectivity index (χ0v) is 11.7. The molecule has 0 bridgehead atoms. The van der Waals surface area contributed by atoms with Crippen LogP contribution in [-0.2, 0) is 14.3 Å². The highest BCUT2D eigenvalue weighted by atomic mass is 79.9. The molecule has 92 valence electrons. The number of benzene rings is 1. The van der Waals surface area contributed by atoms with Crippen LogP contribution in [-0.4, -0.2) is 30.2 Å². The molecule has 17 heavy (non-hydrogen) atoms. The lowest BCUT2D eigenvalue weighted by Crippen LogP contribution is -2.20. The molecule has 2 N–H and O–H groups in total. The van der Waals surface area contributed by atoms with Gasteiger partial charge in [-0.15, -0.1) is 0 Å². The Hall–Kier alpha value is -0.920. The number of carbonyl (C=O) groups is 2. The molecule has 0 saturated heterocycles. The lowest BCUT2D eigenvalue weighted by atomic mass is 10.3. The number of nitrogens with one attached hydrogen (secondary N) is 1. The molecule has 0 aliphatic heterocycles. The topological polar surface area (TPSA) is 75.6 Å². The number of carbonyl (C=O) groups excluding carboxylic acids is 1. The predicted octanol–water partition coefficient (Wildman–Crippen LogP) is 2.25. The van der Waals surface area contributed by atoms with Crippen molar-refractivity contribution >= 4 is 49.4 Å². The van der Waals surface area contributed by atoms with Crippen LogP contribution in [0.3, 0.4) is 0 Å². The Morgan fingerprint density at radius 1 is 1.29 bits per heavy atom. The van der Waals surface area contributed by atoms with Gasteiger partial charge in [-0.2, -0.15) is 0 Å². The second-order valence-corrected chi connectivity index (χ2v) is 4.83.